The zero-order chi connectivity index (χ0) is 22.5. The van der Waals surface area contributed by atoms with Gasteiger partial charge in [0.15, 0.2) is 0 Å². The van der Waals surface area contributed by atoms with Crippen molar-refractivity contribution < 1.29 is 9.47 Å². The summed E-state index contributed by atoms with van der Waals surface area (Å²) in [5.41, 5.74) is 1.15. The molecule has 164 valence electrons. The number of fused-ring (bicyclic) bond motifs is 1. The standard InChI is InChI=1S/C24H23N3O4S/c1-3-13-31-18-11-9-16(10-12-18)14-19-22(28)25-24-27(26-19)23(29)21(32-24)15-17-7-5-6-8-20(17)30-4-2/h5-12,15H,3-4,13-14H2,1-2H3/b21-15-. The number of nitrogens with zero attached hydrogens (tertiary/aromatic N) is 3. The molecule has 2 aromatic heterocycles. The van der Waals surface area contributed by atoms with Crippen LogP contribution in [-0.2, 0) is 6.42 Å². The predicted octanol–water partition coefficient (Wildman–Crippen LogP) is 2.84. The van der Waals surface area contributed by atoms with E-state index in [4.69, 9.17) is 9.47 Å². The molecule has 0 aliphatic carbocycles. The Balaban J connectivity index is 1.68. The van der Waals surface area contributed by atoms with Crippen molar-refractivity contribution in [2.45, 2.75) is 26.7 Å². The summed E-state index contributed by atoms with van der Waals surface area (Å²) in [6, 6.07) is 15.0. The molecule has 0 bridgehead atoms. The molecule has 0 fully saturated rings. The molecule has 4 aromatic rings. The van der Waals surface area contributed by atoms with Crippen LogP contribution in [0.3, 0.4) is 0 Å². The molecule has 4 rings (SSSR count). The molecule has 32 heavy (non-hydrogen) atoms. The van der Waals surface area contributed by atoms with Gasteiger partial charge in [-0.2, -0.15) is 14.6 Å². The molecule has 7 nitrogen and oxygen atoms in total. The van der Waals surface area contributed by atoms with Crippen LogP contribution < -0.4 is 25.1 Å². The van der Waals surface area contributed by atoms with Gasteiger partial charge in [0.05, 0.1) is 17.7 Å². The maximum absolute atomic E-state index is 12.9. The second-order valence-corrected chi connectivity index (χ2v) is 8.12. The topological polar surface area (TPSA) is 82.8 Å². The summed E-state index contributed by atoms with van der Waals surface area (Å²) in [5.74, 6) is 1.47. The summed E-state index contributed by atoms with van der Waals surface area (Å²) in [4.78, 5) is 29.8. The molecule has 2 aromatic carbocycles. The Labute approximate surface area is 188 Å². The van der Waals surface area contributed by atoms with E-state index in [0.717, 1.165) is 34.6 Å². The Morgan fingerprint density at radius 2 is 1.81 bits per heavy atom. The minimum atomic E-state index is -0.432. The normalized spacial score (nSPS) is 11.8. The monoisotopic (exact) mass is 449 g/mol. The summed E-state index contributed by atoms with van der Waals surface area (Å²) >= 11 is 1.13. The molecule has 0 saturated carbocycles. The first-order chi connectivity index (χ1) is 15.6. The van der Waals surface area contributed by atoms with Crippen LogP contribution in [0.2, 0.25) is 0 Å². The number of ether oxygens (including phenoxy) is 2. The number of hydrogen-bond acceptors (Lipinski definition) is 7. The number of aromatic nitrogens is 3. The molecule has 0 atom stereocenters. The van der Waals surface area contributed by atoms with Crippen molar-refractivity contribution in [3.05, 3.63) is 90.6 Å². The van der Waals surface area contributed by atoms with Crippen LogP contribution in [0, 0.1) is 0 Å². The van der Waals surface area contributed by atoms with Gasteiger partial charge in [-0.3, -0.25) is 9.59 Å². The lowest BCUT2D eigenvalue weighted by molar-refractivity contribution is 0.317. The van der Waals surface area contributed by atoms with E-state index in [0.29, 0.717) is 23.5 Å². The van der Waals surface area contributed by atoms with Crippen molar-refractivity contribution in [3.63, 3.8) is 0 Å². The Morgan fingerprint density at radius 1 is 1.03 bits per heavy atom. The maximum atomic E-state index is 12.9. The molecular formula is C24H23N3O4S. The number of benzene rings is 2. The molecule has 0 amide bonds. The minimum absolute atomic E-state index is 0.223. The van der Waals surface area contributed by atoms with Gasteiger partial charge in [0, 0.05) is 12.0 Å². The van der Waals surface area contributed by atoms with Gasteiger partial charge in [0.1, 0.15) is 17.2 Å². The Hall–Kier alpha value is -3.52. The molecule has 0 N–H and O–H groups in total. The minimum Gasteiger partial charge on any atom is -0.494 e. The number of rotatable bonds is 8. The van der Waals surface area contributed by atoms with E-state index in [9.17, 15) is 9.59 Å². The first-order valence-corrected chi connectivity index (χ1v) is 11.3. The second-order valence-electron chi connectivity index (χ2n) is 7.11. The summed E-state index contributed by atoms with van der Waals surface area (Å²) in [5, 5.41) is 4.32. The van der Waals surface area contributed by atoms with Crippen molar-refractivity contribution in [2.75, 3.05) is 13.2 Å². The molecule has 2 heterocycles. The van der Waals surface area contributed by atoms with E-state index in [-0.39, 0.29) is 22.6 Å². The molecule has 0 unspecified atom stereocenters. The average molecular weight is 450 g/mol. The summed E-state index contributed by atoms with van der Waals surface area (Å²) in [6.45, 7) is 5.13. The number of thiazole rings is 1. The van der Waals surface area contributed by atoms with Gasteiger partial charge in [-0.1, -0.05) is 48.6 Å². The fourth-order valence-electron chi connectivity index (χ4n) is 3.20. The summed E-state index contributed by atoms with van der Waals surface area (Å²) in [7, 11) is 0. The molecule has 0 aliphatic rings. The Bertz CT molecular complexity index is 1390. The van der Waals surface area contributed by atoms with E-state index in [1.807, 2.05) is 62.4 Å². The fourth-order valence-corrected chi connectivity index (χ4v) is 4.09. The third-order valence-electron chi connectivity index (χ3n) is 4.72. The summed E-state index contributed by atoms with van der Waals surface area (Å²) < 4.78 is 12.9. The van der Waals surface area contributed by atoms with Crippen molar-refractivity contribution in [1.82, 2.24) is 14.6 Å². The van der Waals surface area contributed by atoms with Crippen LogP contribution in [0.15, 0.2) is 58.1 Å². The quantitative estimate of drug-likeness (QED) is 0.411. The van der Waals surface area contributed by atoms with E-state index in [2.05, 4.69) is 10.1 Å². The van der Waals surface area contributed by atoms with E-state index < -0.39 is 5.56 Å². The van der Waals surface area contributed by atoms with E-state index in [1.54, 1.807) is 6.08 Å². The highest BCUT2D eigenvalue weighted by atomic mass is 32.1. The third-order valence-corrected chi connectivity index (χ3v) is 5.68. The molecule has 0 spiro atoms. The lowest BCUT2D eigenvalue weighted by atomic mass is 10.1. The molecular weight excluding hydrogens is 426 g/mol. The highest BCUT2D eigenvalue weighted by Gasteiger charge is 2.12. The van der Waals surface area contributed by atoms with Gasteiger partial charge in [0.2, 0.25) is 4.96 Å². The Kier molecular flexibility index (Phi) is 6.61. The number of para-hydroxylation sites is 1. The van der Waals surface area contributed by atoms with Gasteiger partial charge in [-0.25, -0.2) is 0 Å². The van der Waals surface area contributed by atoms with Gasteiger partial charge >= 0.3 is 0 Å². The smallest absolute Gasteiger partial charge is 0.296 e. The van der Waals surface area contributed by atoms with Crippen LogP contribution >= 0.6 is 11.3 Å². The zero-order valence-electron chi connectivity index (χ0n) is 17.9. The van der Waals surface area contributed by atoms with Crippen molar-refractivity contribution in [2.24, 2.45) is 0 Å². The first kappa shape index (κ1) is 21.7. The van der Waals surface area contributed by atoms with Crippen molar-refractivity contribution in [3.8, 4) is 11.5 Å². The lowest BCUT2D eigenvalue weighted by Gasteiger charge is -2.05. The largest absolute Gasteiger partial charge is 0.494 e. The fraction of sp³-hybridized carbons (Fsp3) is 0.250. The van der Waals surface area contributed by atoms with E-state index >= 15 is 0 Å². The average Bonchev–Trinajstić information content (AvgIpc) is 3.09. The Morgan fingerprint density at radius 3 is 2.56 bits per heavy atom. The van der Waals surface area contributed by atoms with E-state index in [1.165, 1.54) is 4.52 Å². The molecule has 8 heteroatoms. The van der Waals surface area contributed by atoms with Crippen LogP contribution in [0.1, 0.15) is 37.1 Å². The highest BCUT2D eigenvalue weighted by Crippen LogP contribution is 2.18. The zero-order valence-corrected chi connectivity index (χ0v) is 18.7. The van der Waals surface area contributed by atoms with Gasteiger partial charge in [0.25, 0.3) is 11.1 Å². The molecule has 0 radical (unpaired) electrons. The van der Waals surface area contributed by atoms with Crippen LogP contribution in [0.25, 0.3) is 11.0 Å². The van der Waals surface area contributed by atoms with Gasteiger partial charge < -0.3 is 9.47 Å². The molecule has 0 aliphatic heterocycles. The van der Waals surface area contributed by atoms with Gasteiger partial charge in [-0.15, -0.1) is 0 Å². The van der Waals surface area contributed by atoms with Crippen LogP contribution in [0.4, 0.5) is 0 Å². The second kappa shape index (κ2) is 9.74. The maximum Gasteiger partial charge on any atom is 0.296 e. The van der Waals surface area contributed by atoms with Crippen LogP contribution in [0.5, 0.6) is 11.5 Å². The van der Waals surface area contributed by atoms with Crippen molar-refractivity contribution >= 4 is 22.4 Å². The van der Waals surface area contributed by atoms with Crippen LogP contribution in [-0.4, -0.2) is 27.8 Å². The first-order valence-electron chi connectivity index (χ1n) is 10.5. The third kappa shape index (κ3) is 4.70. The lowest BCUT2D eigenvalue weighted by Crippen LogP contribution is -2.28. The summed E-state index contributed by atoms with van der Waals surface area (Å²) in [6.07, 6.45) is 2.96. The van der Waals surface area contributed by atoms with Gasteiger partial charge in [-0.05, 0) is 43.2 Å². The highest BCUT2D eigenvalue weighted by molar-refractivity contribution is 7.15. The number of hydrogen-bond donors (Lipinski definition) is 0. The SMILES string of the molecule is CCCOc1ccc(Cc2nn3c(=O)/c(=C/c4ccccc4OCC)sc3nc2=O)cc1. The molecule has 0 saturated heterocycles. The predicted molar refractivity (Wildman–Crippen MR) is 125 cm³/mol. The van der Waals surface area contributed by atoms with Crippen molar-refractivity contribution in [1.29, 1.82) is 0 Å².